The monoisotopic (exact) mass is 426 g/mol. The molecule has 0 saturated carbocycles. The lowest BCUT2D eigenvalue weighted by molar-refractivity contribution is -0.153. The summed E-state index contributed by atoms with van der Waals surface area (Å²) < 4.78 is 48.0. The van der Waals surface area contributed by atoms with Crippen LogP contribution in [0.1, 0.15) is 61.3 Å². The van der Waals surface area contributed by atoms with Crippen LogP contribution in [0.3, 0.4) is 0 Å². The average Bonchev–Trinajstić information content (AvgIpc) is 3.16. The van der Waals surface area contributed by atoms with Gasteiger partial charge in [-0.1, -0.05) is 17.3 Å². The number of carbonyl (C=O) groups excluding carboxylic acids is 1. The number of alkyl halides is 3. The lowest BCUT2D eigenvalue weighted by Gasteiger charge is -2.37. The number of benzene rings is 1. The summed E-state index contributed by atoms with van der Waals surface area (Å²) >= 11 is 0. The van der Waals surface area contributed by atoms with Gasteiger partial charge in [-0.3, -0.25) is 4.79 Å². The molecule has 164 valence electrons. The van der Waals surface area contributed by atoms with E-state index in [1.807, 2.05) is 6.92 Å². The van der Waals surface area contributed by atoms with Gasteiger partial charge < -0.3 is 19.3 Å². The third-order valence-electron chi connectivity index (χ3n) is 5.21. The number of likely N-dealkylation sites (tertiary alicyclic amines) is 1. The second kappa shape index (κ2) is 8.29. The fraction of sp³-hybridized carbons (Fsp3) is 0.524. The van der Waals surface area contributed by atoms with Gasteiger partial charge in [0.1, 0.15) is 22.8 Å². The molecule has 9 heteroatoms. The zero-order valence-electron chi connectivity index (χ0n) is 17.1. The highest BCUT2D eigenvalue weighted by Gasteiger charge is 2.35. The van der Waals surface area contributed by atoms with E-state index in [1.54, 1.807) is 30.9 Å². The Kier molecular flexibility index (Phi) is 6.12. The molecule has 0 spiro atoms. The number of nitrogens with zero attached hydrogens (tertiary/aromatic N) is 2. The number of hydrogen-bond donors (Lipinski definition) is 1. The summed E-state index contributed by atoms with van der Waals surface area (Å²) in [7, 11) is 0. The van der Waals surface area contributed by atoms with Crippen LogP contribution in [-0.4, -0.2) is 46.4 Å². The minimum Gasteiger partial charge on any atom is -0.483 e. The molecule has 1 aromatic heterocycles. The molecule has 0 bridgehead atoms. The van der Waals surface area contributed by atoms with Gasteiger partial charge in [0.25, 0.3) is 5.91 Å². The van der Waals surface area contributed by atoms with Gasteiger partial charge in [0.2, 0.25) is 0 Å². The van der Waals surface area contributed by atoms with Gasteiger partial charge in [0, 0.05) is 24.6 Å². The molecule has 1 aliphatic rings. The Morgan fingerprint density at radius 1 is 1.30 bits per heavy atom. The van der Waals surface area contributed by atoms with Gasteiger partial charge in [-0.15, -0.1) is 0 Å². The topological polar surface area (TPSA) is 75.8 Å². The lowest BCUT2D eigenvalue weighted by Crippen LogP contribution is -2.45. The molecule has 0 radical (unpaired) electrons. The van der Waals surface area contributed by atoms with E-state index in [4.69, 9.17) is 9.26 Å². The summed E-state index contributed by atoms with van der Waals surface area (Å²) in [6.07, 6.45) is -3.04. The molecule has 1 aliphatic heterocycles. The molecule has 1 saturated heterocycles. The first-order valence-corrected chi connectivity index (χ1v) is 9.74. The highest BCUT2D eigenvalue weighted by molar-refractivity contribution is 5.97. The predicted molar refractivity (Wildman–Crippen MR) is 102 cm³/mol. The van der Waals surface area contributed by atoms with Crippen molar-refractivity contribution in [2.24, 2.45) is 0 Å². The molecule has 1 N–H and O–H groups in total. The zero-order chi connectivity index (χ0) is 22.1. The van der Waals surface area contributed by atoms with Crippen LogP contribution >= 0.6 is 0 Å². The Balaban J connectivity index is 1.79. The molecule has 3 rings (SSSR count). The molecule has 6 nitrogen and oxygen atoms in total. The first-order valence-electron chi connectivity index (χ1n) is 9.74. The number of hydrogen-bond acceptors (Lipinski definition) is 5. The third-order valence-corrected chi connectivity index (χ3v) is 5.21. The van der Waals surface area contributed by atoms with Crippen LogP contribution in [0.25, 0.3) is 0 Å². The number of para-hydroxylation sites is 1. The van der Waals surface area contributed by atoms with Crippen molar-refractivity contribution >= 4 is 5.91 Å². The maximum Gasteiger partial charge on any atom is 0.422 e. The van der Waals surface area contributed by atoms with Crippen LogP contribution in [0.4, 0.5) is 13.2 Å². The fourth-order valence-corrected chi connectivity index (χ4v) is 3.48. The first-order chi connectivity index (χ1) is 14.0. The molecule has 1 aromatic carbocycles. The Labute approximate surface area is 172 Å². The third kappa shape index (κ3) is 5.13. The number of carbonyl (C=O) groups is 1. The molecule has 0 unspecified atom stereocenters. The molecule has 2 aromatic rings. The predicted octanol–water partition coefficient (Wildman–Crippen LogP) is 4.25. The van der Waals surface area contributed by atoms with Crippen molar-refractivity contribution < 1.29 is 32.3 Å². The maximum atomic E-state index is 13.2. The van der Waals surface area contributed by atoms with Crippen molar-refractivity contribution in [1.82, 2.24) is 10.1 Å². The molecule has 1 amide bonds. The number of piperidine rings is 1. The van der Waals surface area contributed by atoms with Gasteiger partial charge >= 0.3 is 6.18 Å². The van der Waals surface area contributed by atoms with E-state index >= 15 is 0 Å². The van der Waals surface area contributed by atoms with E-state index in [1.165, 1.54) is 18.2 Å². The molecule has 1 fully saturated rings. The van der Waals surface area contributed by atoms with Crippen LogP contribution in [-0.2, 0) is 5.60 Å². The van der Waals surface area contributed by atoms with Gasteiger partial charge in [-0.2, -0.15) is 13.2 Å². The first kappa shape index (κ1) is 22.1. The van der Waals surface area contributed by atoms with Crippen molar-refractivity contribution in [3.05, 3.63) is 47.3 Å². The minimum absolute atomic E-state index is 0.0870. The largest absolute Gasteiger partial charge is 0.483 e. The van der Waals surface area contributed by atoms with Gasteiger partial charge in [0.15, 0.2) is 6.61 Å². The molecule has 0 aliphatic carbocycles. The Hall–Kier alpha value is -2.55. The smallest absolute Gasteiger partial charge is 0.422 e. The summed E-state index contributed by atoms with van der Waals surface area (Å²) in [5, 5.41) is 14.0. The van der Waals surface area contributed by atoms with Crippen molar-refractivity contribution in [2.45, 2.75) is 57.3 Å². The molecule has 30 heavy (non-hydrogen) atoms. The average molecular weight is 426 g/mol. The van der Waals surface area contributed by atoms with Crippen molar-refractivity contribution in [1.29, 1.82) is 0 Å². The Morgan fingerprint density at radius 3 is 2.63 bits per heavy atom. The summed E-state index contributed by atoms with van der Waals surface area (Å²) in [6, 6.07) is 7.52. The van der Waals surface area contributed by atoms with Crippen LogP contribution in [0.15, 0.2) is 34.9 Å². The lowest BCUT2D eigenvalue weighted by atomic mass is 9.90. The van der Waals surface area contributed by atoms with E-state index < -0.39 is 24.3 Å². The molecular formula is C21H25F3N2O4. The van der Waals surface area contributed by atoms with E-state index in [0.717, 1.165) is 6.42 Å². The minimum atomic E-state index is -4.50. The number of ether oxygens (including phenoxy) is 1. The van der Waals surface area contributed by atoms with E-state index in [2.05, 4.69) is 5.16 Å². The zero-order valence-corrected chi connectivity index (χ0v) is 17.1. The number of amides is 1. The van der Waals surface area contributed by atoms with Crippen molar-refractivity contribution in [2.75, 3.05) is 13.2 Å². The SMILES string of the molecule is C[C@@H]1CC[C@@H](c2cc(C(C)(C)O)no2)CN1C(=O)c1ccccc1OCC(F)(F)F. The van der Waals surface area contributed by atoms with Gasteiger partial charge in [-0.05, 0) is 45.7 Å². The Bertz CT molecular complexity index is 889. The quantitative estimate of drug-likeness (QED) is 0.774. The van der Waals surface area contributed by atoms with Crippen LogP contribution in [0.5, 0.6) is 5.75 Å². The van der Waals surface area contributed by atoms with Crippen LogP contribution < -0.4 is 4.74 Å². The molecular weight excluding hydrogens is 401 g/mol. The fourth-order valence-electron chi connectivity index (χ4n) is 3.48. The molecule has 2 atom stereocenters. The number of aromatic nitrogens is 1. The van der Waals surface area contributed by atoms with Crippen LogP contribution in [0.2, 0.25) is 0 Å². The van der Waals surface area contributed by atoms with Gasteiger partial charge in [0.05, 0.1) is 5.56 Å². The molecule has 2 heterocycles. The van der Waals surface area contributed by atoms with Crippen LogP contribution in [0, 0.1) is 0 Å². The standard InChI is InChI=1S/C21H25F3N2O4/c1-13-8-9-14(17-10-18(25-30-17)20(2,3)28)11-26(13)19(27)15-6-4-5-7-16(15)29-12-21(22,23)24/h4-7,10,13-14,28H,8-9,11-12H2,1-3H3/t13-,14-/m1/s1. The Morgan fingerprint density at radius 2 is 2.00 bits per heavy atom. The highest BCUT2D eigenvalue weighted by Crippen LogP contribution is 2.34. The number of halogens is 3. The van der Waals surface area contributed by atoms with E-state index in [0.29, 0.717) is 24.4 Å². The summed E-state index contributed by atoms with van der Waals surface area (Å²) in [5.41, 5.74) is -0.655. The summed E-state index contributed by atoms with van der Waals surface area (Å²) in [6.45, 7) is 3.97. The normalized spacial score (nSPS) is 20.3. The highest BCUT2D eigenvalue weighted by atomic mass is 19.4. The van der Waals surface area contributed by atoms with E-state index in [9.17, 15) is 23.1 Å². The number of aliphatic hydroxyl groups is 1. The van der Waals surface area contributed by atoms with E-state index in [-0.39, 0.29) is 23.3 Å². The second-order valence-corrected chi connectivity index (χ2v) is 8.15. The second-order valence-electron chi connectivity index (χ2n) is 8.15. The summed E-state index contributed by atoms with van der Waals surface area (Å²) in [5.74, 6) is -0.0548. The van der Waals surface area contributed by atoms with Crippen molar-refractivity contribution in [3.63, 3.8) is 0 Å². The summed E-state index contributed by atoms with van der Waals surface area (Å²) in [4.78, 5) is 14.8. The van der Waals surface area contributed by atoms with Crippen molar-refractivity contribution in [3.8, 4) is 5.75 Å². The maximum absolute atomic E-state index is 13.2. The van der Waals surface area contributed by atoms with Gasteiger partial charge in [-0.25, -0.2) is 0 Å². The number of rotatable bonds is 5.